The van der Waals surface area contributed by atoms with Crippen molar-refractivity contribution in [1.29, 1.82) is 0 Å². The molecule has 90 valence electrons. The monoisotopic (exact) mass is 297 g/mol. The first-order valence-corrected chi connectivity index (χ1v) is 6.09. The van der Waals surface area contributed by atoms with E-state index < -0.39 is 5.91 Å². The van der Waals surface area contributed by atoms with Crippen molar-refractivity contribution in [1.82, 2.24) is 5.43 Å². The van der Waals surface area contributed by atoms with Crippen LogP contribution in [0.1, 0.15) is 16.8 Å². The van der Waals surface area contributed by atoms with E-state index in [0.29, 0.717) is 24.2 Å². The van der Waals surface area contributed by atoms with Gasteiger partial charge in [0.25, 0.3) is 5.91 Å². The van der Waals surface area contributed by atoms with Crippen molar-refractivity contribution >= 4 is 33.4 Å². The molecule has 1 unspecified atom stereocenters. The number of anilines is 1. The summed E-state index contributed by atoms with van der Waals surface area (Å²) in [5.74, 6) is 4.73. The van der Waals surface area contributed by atoms with E-state index in [4.69, 9.17) is 5.84 Å². The minimum atomic E-state index is -0.397. The predicted molar refractivity (Wildman–Crippen MR) is 67.8 cm³/mol. The zero-order valence-electron chi connectivity index (χ0n) is 9.02. The van der Waals surface area contributed by atoms with Crippen molar-refractivity contribution in [3.05, 3.63) is 29.8 Å². The maximum atomic E-state index is 11.8. The topological polar surface area (TPSA) is 75.4 Å². The van der Waals surface area contributed by atoms with Crippen LogP contribution in [0, 0.1) is 0 Å². The van der Waals surface area contributed by atoms with Crippen LogP contribution in [0.15, 0.2) is 24.3 Å². The number of carbonyl (C=O) groups is 2. The number of amides is 2. The van der Waals surface area contributed by atoms with Gasteiger partial charge in [-0.05, 0) is 12.1 Å². The molecule has 1 heterocycles. The fourth-order valence-corrected chi connectivity index (χ4v) is 2.44. The molecule has 0 bridgehead atoms. The second kappa shape index (κ2) is 4.85. The summed E-state index contributed by atoms with van der Waals surface area (Å²) < 4.78 is 0. The third kappa shape index (κ3) is 2.32. The highest BCUT2D eigenvalue weighted by molar-refractivity contribution is 9.09. The molecule has 17 heavy (non-hydrogen) atoms. The Kier molecular flexibility index (Phi) is 3.44. The molecule has 1 saturated heterocycles. The summed E-state index contributed by atoms with van der Waals surface area (Å²) in [7, 11) is 0. The summed E-state index contributed by atoms with van der Waals surface area (Å²) in [4.78, 5) is 25.1. The van der Waals surface area contributed by atoms with Crippen molar-refractivity contribution in [2.24, 2.45) is 5.84 Å². The largest absolute Gasteiger partial charge is 0.310 e. The molecular formula is C11H12BrN3O2. The number of nitrogen functional groups attached to an aromatic ring is 1. The van der Waals surface area contributed by atoms with Gasteiger partial charge in [-0.3, -0.25) is 15.0 Å². The molecule has 0 radical (unpaired) electrons. The lowest BCUT2D eigenvalue weighted by Crippen LogP contribution is -2.33. The molecule has 0 spiro atoms. The minimum absolute atomic E-state index is 0.00384. The van der Waals surface area contributed by atoms with Crippen LogP contribution in [-0.4, -0.2) is 23.2 Å². The Morgan fingerprint density at radius 2 is 2.18 bits per heavy atom. The number of benzene rings is 1. The molecule has 3 N–H and O–H groups in total. The van der Waals surface area contributed by atoms with Crippen molar-refractivity contribution in [3.63, 3.8) is 0 Å². The molecule has 2 rings (SSSR count). The van der Waals surface area contributed by atoms with E-state index >= 15 is 0 Å². The van der Waals surface area contributed by atoms with E-state index in [2.05, 4.69) is 21.4 Å². The Bertz CT molecular complexity index is 464. The Morgan fingerprint density at radius 3 is 2.76 bits per heavy atom. The smallest absolute Gasteiger partial charge is 0.267 e. The van der Waals surface area contributed by atoms with Crippen LogP contribution in [0.5, 0.6) is 0 Å². The number of nitrogens with two attached hydrogens (primary N) is 1. The van der Waals surface area contributed by atoms with Gasteiger partial charge in [-0.25, -0.2) is 5.84 Å². The number of hydrogen-bond donors (Lipinski definition) is 2. The molecule has 1 aliphatic heterocycles. The van der Waals surface area contributed by atoms with Crippen molar-refractivity contribution in [3.8, 4) is 0 Å². The van der Waals surface area contributed by atoms with Gasteiger partial charge in [-0.15, -0.1) is 0 Å². The van der Waals surface area contributed by atoms with E-state index in [9.17, 15) is 9.59 Å². The molecule has 1 aromatic carbocycles. The van der Waals surface area contributed by atoms with Gasteiger partial charge in [0.1, 0.15) is 0 Å². The predicted octanol–water partition coefficient (Wildman–Crippen LogP) is 0.790. The molecule has 1 atom stereocenters. The first kappa shape index (κ1) is 12.1. The van der Waals surface area contributed by atoms with Crippen molar-refractivity contribution < 1.29 is 9.59 Å². The number of nitrogens with zero attached hydrogens (tertiary/aromatic N) is 1. The van der Waals surface area contributed by atoms with Crippen LogP contribution in [-0.2, 0) is 4.79 Å². The van der Waals surface area contributed by atoms with Crippen LogP contribution in [0.4, 0.5) is 5.69 Å². The number of halogens is 1. The second-order valence-corrected chi connectivity index (χ2v) is 5.09. The summed E-state index contributed by atoms with van der Waals surface area (Å²) in [5.41, 5.74) is 3.09. The highest BCUT2D eigenvalue weighted by atomic mass is 79.9. The number of rotatable bonds is 2. The molecular weight excluding hydrogens is 286 g/mol. The van der Waals surface area contributed by atoms with E-state index in [1.54, 1.807) is 29.2 Å². The van der Waals surface area contributed by atoms with Gasteiger partial charge in [-0.2, -0.15) is 0 Å². The molecule has 0 aromatic heterocycles. The number of hydrogen-bond acceptors (Lipinski definition) is 3. The Morgan fingerprint density at radius 1 is 1.47 bits per heavy atom. The number of nitrogens with one attached hydrogen (secondary N) is 1. The summed E-state index contributed by atoms with van der Waals surface area (Å²) >= 11 is 3.41. The van der Waals surface area contributed by atoms with Gasteiger partial charge in [-0.1, -0.05) is 28.1 Å². The SMILES string of the molecule is NNC(=O)c1ccccc1N1CC(Br)CC1=O. The molecule has 5 nitrogen and oxygen atoms in total. The maximum absolute atomic E-state index is 11.8. The summed E-state index contributed by atoms with van der Waals surface area (Å²) in [6, 6.07) is 6.91. The highest BCUT2D eigenvalue weighted by Crippen LogP contribution is 2.27. The van der Waals surface area contributed by atoms with Gasteiger partial charge in [0.2, 0.25) is 5.91 Å². The average Bonchev–Trinajstić information content (AvgIpc) is 2.67. The number of hydrazine groups is 1. The molecule has 1 aliphatic rings. The summed E-state index contributed by atoms with van der Waals surface area (Å²) in [6.45, 7) is 0.563. The standard InChI is InChI=1S/C11H12BrN3O2/c12-7-5-10(16)15(6-7)9-4-2-1-3-8(9)11(17)14-13/h1-4,7H,5-6,13H2,(H,14,17). The van der Waals surface area contributed by atoms with E-state index in [-0.39, 0.29) is 10.7 Å². The van der Waals surface area contributed by atoms with Gasteiger partial charge < -0.3 is 4.90 Å². The molecule has 0 aliphatic carbocycles. The lowest BCUT2D eigenvalue weighted by molar-refractivity contribution is -0.117. The number of para-hydroxylation sites is 1. The first-order chi connectivity index (χ1) is 8.13. The van der Waals surface area contributed by atoms with Crippen LogP contribution >= 0.6 is 15.9 Å². The average molecular weight is 298 g/mol. The third-order valence-corrected chi connectivity index (χ3v) is 3.26. The number of carbonyl (C=O) groups excluding carboxylic acids is 2. The molecule has 6 heteroatoms. The van der Waals surface area contributed by atoms with E-state index in [1.165, 1.54) is 0 Å². The van der Waals surface area contributed by atoms with Crippen molar-refractivity contribution in [2.45, 2.75) is 11.2 Å². The van der Waals surface area contributed by atoms with Crippen LogP contribution < -0.4 is 16.2 Å². The van der Waals surface area contributed by atoms with Gasteiger partial charge >= 0.3 is 0 Å². The van der Waals surface area contributed by atoms with Gasteiger partial charge in [0, 0.05) is 17.8 Å². The number of alkyl halides is 1. The Balaban J connectivity index is 2.38. The van der Waals surface area contributed by atoms with Crippen LogP contribution in [0.3, 0.4) is 0 Å². The molecule has 0 saturated carbocycles. The first-order valence-electron chi connectivity index (χ1n) is 5.18. The van der Waals surface area contributed by atoms with Gasteiger partial charge in [0.15, 0.2) is 0 Å². The van der Waals surface area contributed by atoms with Crippen LogP contribution in [0.2, 0.25) is 0 Å². The van der Waals surface area contributed by atoms with E-state index in [1.807, 2.05) is 0 Å². The zero-order valence-corrected chi connectivity index (χ0v) is 10.6. The van der Waals surface area contributed by atoms with Crippen LogP contribution in [0.25, 0.3) is 0 Å². The maximum Gasteiger partial charge on any atom is 0.267 e. The normalized spacial score (nSPS) is 19.5. The quantitative estimate of drug-likeness (QED) is 0.367. The van der Waals surface area contributed by atoms with Gasteiger partial charge in [0.05, 0.1) is 11.3 Å². The minimum Gasteiger partial charge on any atom is -0.310 e. The Hall–Kier alpha value is -1.40. The summed E-state index contributed by atoms with van der Waals surface area (Å²) in [5, 5.41) is 0. The summed E-state index contributed by atoms with van der Waals surface area (Å²) in [6.07, 6.45) is 0.443. The zero-order chi connectivity index (χ0) is 12.4. The third-order valence-electron chi connectivity index (χ3n) is 2.65. The fraction of sp³-hybridized carbons (Fsp3) is 0.273. The Labute approximate surface area is 107 Å². The second-order valence-electron chi connectivity index (χ2n) is 3.80. The molecule has 2 amide bonds. The lowest BCUT2D eigenvalue weighted by atomic mass is 10.1. The van der Waals surface area contributed by atoms with E-state index in [0.717, 1.165) is 0 Å². The lowest BCUT2D eigenvalue weighted by Gasteiger charge is -2.18. The van der Waals surface area contributed by atoms with Crippen molar-refractivity contribution in [2.75, 3.05) is 11.4 Å². The highest BCUT2D eigenvalue weighted by Gasteiger charge is 2.30. The molecule has 1 fully saturated rings. The fourth-order valence-electron chi connectivity index (χ4n) is 1.88. The molecule has 1 aromatic rings.